The van der Waals surface area contributed by atoms with Crippen molar-refractivity contribution in [1.82, 2.24) is 10.6 Å². The predicted octanol–water partition coefficient (Wildman–Crippen LogP) is 1.24. The molecule has 0 amide bonds. The van der Waals surface area contributed by atoms with Gasteiger partial charge in [0.25, 0.3) is 0 Å². The highest BCUT2D eigenvalue weighted by Gasteiger charge is 2.64. The van der Waals surface area contributed by atoms with E-state index in [9.17, 15) is 0 Å². The molecule has 94 valence electrons. The number of nitrogens with one attached hydrogen (secondary N) is 2. The Morgan fingerprint density at radius 3 is 2.25 bits per heavy atom. The van der Waals surface area contributed by atoms with Gasteiger partial charge in [-0.15, -0.1) is 0 Å². The molecule has 1 heterocycles. The Labute approximate surface area is 99.3 Å². The normalized spacial score (nSPS) is 36.6. The molecule has 1 saturated heterocycles. The third-order valence-corrected chi connectivity index (χ3v) is 5.17. The molecule has 0 aromatic heterocycles. The minimum Gasteiger partial charge on any atom is -0.379 e. The molecule has 0 bridgehead atoms. The Hall–Kier alpha value is -0.120. The van der Waals surface area contributed by atoms with Crippen LogP contribution in [0.15, 0.2) is 0 Å². The molecule has 3 nitrogen and oxygen atoms in total. The van der Waals surface area contributed by atoms with Gasteiger partial charge in [-0.1, -0.05) is 27.7 Å². The van der Waals surface area contributed by atoms with Crippen LogP contribution in [0.25, 0.3) is 0 Å². The number of likely N-dealkylation sites (N-methyl/N-ethyl adjacent to an activating group) is 1. The summed E-state index contributed by atoms with van der Waals surface area (Å²) in [6, 6.07) is 1.18. The van der Waals surface area contributed by atoms with Crippen LogP contribution >= 0.6 is 0 Å². The summed E-state index contributed by atoms with van der Waals surface area (Å²) in [5.41, 5.74) is 0.864. The summed E-state index contributed by atoms with van der Waals surface area (Å²) in [6.45, 7) is 12.2. The zero-order valence-corrected chi connectivity index (χ0v) is 11.3. The van der Waals surface area contributed by atoms with E-state index in [1.165, 1.54) is 0 Å². The highest BCUT2D eigenvalue weighted by molar-refractivity contribution is 5.17. The van der Waals surface area contributed by atoms with E-state index < -0.39 is 0 Å². The number of hydrogen-bond donors (Lipinski definition) is 2. The molecule has 1 aliphatic carbocycles. The van der Waals surface area contributed by atoms with E-state index in [1.54, 1.807) is 0 Å². The summed E-state index contributed by atoms with van der Waals surface area (Å²) in [5.74, 6) is 0.622. The minimum atomic E-state index is 0.432. The fraction of sp³-hybridized carbons (Fsp3) is 1.00. The predicted molar refractivity (Wildman–Crippen MR) is 66.5 cm³/mol. The first-order valence-corrected chi connectivity index (χ1v) is 6.39. The summed E-state index contributed by atoms with van der Waals surface area (Å²) in [5, 5.41) is 7.06. The van der Waals surface area contributed by atoms with Crippen molar-refractivity contribution in [3.05, 3.63) is 0 Å². The van der Waals surface area contributed by atoms with Crippen LogP contribution in [-0.4, -0.2) is 38.9 Å². The van der Waals surface area contributed by atoms with Gasteiger partial charge in [-0.05, 0) is 17.9 Å². The van der Waals surface area contributed by atoms with Crippen LogP contribution in [0.5, 0.6) is 0 Å². The smallest absolute Gasteiger partial charge is 0.0623 e. The zero-order chi connectivity index (χ0) is 12.0. The van der Waals surface area contributed by atoms with E-state index in [4.69, 9.17) is 4.74 Å². The number of ether oxygens (including phenoxy) is 1. The average Bonchev–Trinajstić information content (AvgIpc) is 2.59. The van der Waals surface area contributed by atoms with Crippen LogP contribution < -0.4 is 10.6 Å². The molecule has 2 unspecified atom stereocenters. The Kier molecular flexibility index (Phi) is 3.06. The molecule has 0 radical (unpaired) electrons. The third kappa shape index (κ3) is 1.79. The van der Waals surface area contributed by atoms with E-state index >= 15 is 0 Å². The summed E-state index contributed by atoms with van der Waals surface area (Å²) in [4.78, 5) is 0. The number of hydrogen-bond acceptors (Lipinski definition) is 3. The second-order valence-electron chi connectivity index (χ2n) is 6.48. The van der Waals surface area contributed by atoms with Crippen molar-refractivity contribution < 1.29 is 4.74 Å². The summed E-state index contributed by atoms with van der Waals surface area (Å²) in [7, 11) is 2.03. The van der Waals surface area contributed by atoms with Crippen molar-refractivity contribution in [3.63, 3.8) is 0 Å². The first kappa shape index (κ1) is 12.3. The maximum atomic E-state index is 5.51. The van der Waals surface area contributed by atoms with Crippen LogP contribution in [0.2, 0.25) is 0 Å². The molecular weight excluding hydrogens is 200 g/mol. The molecule has 1 saturated carbocycles. The van der Waals surface area contributed by atoms with Crippen molar-refractivity contribution in [2.24, 2.45) is 16.7 Å². The third-order valence-electron chi connectivity index (χ3n) is 5.17. The molecule has 3 heteroatoms. The minimum absolute atomic E-state index is 0.432. The van der Waals surface area contributed by atoms with Crippen molar-refractivity contribution in [3.8, 4) is 0 Å². The molecule has 0 spiro atoms. The standard InChI is InChI=1S/C13H26N2O/c1-12(2)11(13(12,3)4)15-6-9-7-16-8-10(9)14-5/h9-11,14-15H,6-8H2,1-5H3. The molecule has 2 atom stereocenters. The van der Waals surface area contributed by atoms with Crippen molar-refractivity contribution >= 4 is 0 Å². The van der Waals surface area contributed by atoms with E-state index in [1.807, 2.05) is 7.05 Å². The second kappa shape index (κ2) is 3.97. The van der Waals surface area contributed by atoms with Crippen molar-refractivity contribution in [1.29, 1.82) is 0 Å². The lowest BCUT2D eigenvalue weighted by molar-refractivity contribution is 0.182. The first-order chi connectivity index (χ1) is 7.41. The largest absolute Gasteiger partial charge is 0.379 e. The molecule has 2 rings (SSSR count). The van der Waals surface area contributed by atoms with Gasteiger partial charge >= 0.3 is 0 Å². The van der Waals surface area contributed by atoms with Gasteiger partial charge in [0.1, 0.15) is 0 Å². The fourth-order valence-corrected chi connectivity index (χ4v) is 3.09. The zero-order valence-electron chi connectivity index (χ0n) is 11.3. The van der Waals surface area contributed by atoms with Crippen LogP contribution in [0.1, 0.15) is 27.7 Å². The van der Waals surface area contributed by atoms with E-state index in [2.05, 4.69) is 38.3 Å². The molecule has 16 heavy (non-hydrogen) atoms. The summed E-state index contributed by atoms with van der Waals surface area (Å²) in [6.07, 6.45) is 0. The van der Waals surface area contributed by atoms with E-state index in [-0.39, 0.29) is 0 Å². The Morgan fingerprint density at radius 1 is 1.12 bits per heavy atom. The van der Waals surface area contributed by atoms with Gasteiger partial charge in [0.15, 0.2) is 0 Å². The monoisotopic (exact) mass is 226 g/mol. The quantitative estimate of drug-likeness (QED) is 0.757. The molecule has 0 aromatic carbocycles. The van der Waals surface area contributed by atoms with Crippen LogP contribution in [0.4, 0.5) is 0 Å². The highest BCUT2D eigenvalue weighted by Crippen LogP contribution is 2.62. The average molecular weight is 226 g/mol. The van der Waals surface area contributed by atoms with E-state index in [0.717, 1.165) is 19.8 Å². The molecule has 2 N–H and O–H groups in total. The lowest BCUT2D eigenvalue weighted by atomic mass is 10.0. The second-order valence-corrected chi connectivity index (χ2v) is 6.48. The number of rotatable bonds is 4. The van der Waals surface area contributed by atoms with Gasteiger partial charge in [0.2, 0.25) is 0 Å². The van der Waals surface area contributed by atoms with Gasteiger partial charge in [-0.2, -0.15) is 0 Å². The van der Waals surface area contributed by atoms with Gasteiger partial charge in [0, 0.05) is 24.5 Å². The highest BCUT2D eigenvalue weighted by atomic mass is 16.5. The molecule has 2 aliphatic rings. The Bertz CT molecular complexity index is 249. The van der Waals surface area contributed by atoms with Gasteiger partial charge in [-0.25, -0.2) is 0 Å². The van der Waals surface area contributed by atoms with Crippen molar-refractivity contribution in [2.45, 2.75) is 39.8 Å². The van der Waals surface area contributed by atoms with Crippen LogP contribution in [0, 0.1) is 16.7 Å². The SMILES string of the molecule is CNC1COCC1CNC1C(C)(C)C1(C)C. The topological polar surface area (TPSA) is 33.3 Å². The molecule has 2 fully saturated rings. The Balaban J connectivity index is 1.81. The summed E-state index contributed by atoms with van der Waals surface area (Å²) >= 11 is 0. The van der Waals surface area contributed by atoms with E-state index in [0.29, 0.717) is 28.8 Å². The van der Waals surface area contributed by atoms with Crippen LogP contribution in [0.3, 0.4) is 0 Å². The fourth-order valence-electron chi connectivity index (χ4n) is 3.09. The summed E-state index contributed by atoms with van der Waals surface area (Å²) < 4.78 is 5.51. The Morgan fingerprint density at radius 2 is 1.75 bits per heavy atom. The van der Waals surface area contributed by atoms with Gasteiger partial charge in [0.05, 0.1) is 13.2 Å². The molecular formula is C13H26N2O. The molecule has 1 aliphatic heterocycles. The maximum Gasteiger partial charge on any atom is 0.0623 e. The van der Waals surface area contributed by atoms with Gasteiger partial charge in [-0.3, -0.25) is 0 Å². The lowest BCUT2D eigenvalue weighted by Gasteiger charge is -2.18. The molecule has 0 aromatic rings. The maximum absolute atomic E-state index is 5.51. The van der Waals surface area contributed by atoms with Crippen LogP contribution in [-0.2, 0) is 4.74 Å². The lowest BCUT2D eigenvalue weighted by Crippen LogP contribution is -2.39. The van der Waals surface area contributed by atoms with Gasteiger partial charge < -0.3 is 15.4 Å². The first-order valence-electron chi connectivity index (χ1n) is 6.39. The van der Waals surface area contributed by atoms with Crippen molar-refractivity contribution in [2.75, 3.05) is 26.8 Å².